The van der Waals surface area contributed by atoms with E-state index >= 15 is 0 Å². The number of likely N-dealkylation sites (N-methyl/N-ethyl adjacent to an activating group) is 1. The molecule has 2 rings (SSSR count). The van der Waals surface area contributed by atoms with E-state index in [1.165, 1.54) is 19.4 Å². The highest BCUT2D eigenvalue weighted by Gasteiger charge is 2.18. The monoisotopic (exact) mass is 209 g/mol. The molecule has 2 heterocycles. The van der Waals surface area contributed by atoms with Crippen LogP contribution in [0.1, 0.15) is 29.9 Å². The molecule has 0 unspecified atom stereocenters. The van der Waals surface area contributed by atoms with Gasteiger partial charge >= 0.3 is 0 Å². The molecule has 0 bridgehead atoms. The van der Waals surface area contributed by atoms with Crippen LogP contribution in [0.5, 0.6) is 0 Å². The topological polar surface area (TPSA) is 3.24 Å². The molecule has 1 aliphatic heterocycles. The van der Waals surface area contributed by atoms with E-state index in [1.807, 2.05) is 11.3 Å². The SMILES string of the molecule is CC(C)Cc1csc2c1CCN(C)C2. The third-order valence-electron chi connectivity index (χ3n) is 2.85. The zero-order valence-corrected chi connectivity index (χ0v) is 10.2. The maximum Gasteiger partial charge on any atom is 0.0327 e. The van der Waals surface area contributed by atoms with Gasteiger partial charge in [0, 0.05) is 18.0 Å². The van der Waals surface area contributed by atoms with Crippen molar-refractivity contribution in [3.05, 3.63) is 21.4 Å². The molecule has 0 N–H and O–H groups in total. The van der Waals surface area contributed by atoms with Crippen molar-refractivity contribution in [2.75, 3.05) is 13.6 Å². The maximum atomic E-state index is 2.41. The van der Waals surface area contributed by atoms with Gasteiger partial charge in [0.25, 0.3) is 0 Å². The number of hydrogen-bond donors (Lipinski definition) is 0. The highest BCUT2D eigenvalue weighted by molar-refractivity contribution is 7.10. The van der Waals surface area contributed by atoms with Crippen molar-refractivity contribution in [2.24, 2.45) is 5.92 Å². The summed E-state index contributed by atoms with van der Waals surface area (Å²) in [4.78, 5) is 4.02. The fraction of sp³-hybridized carbons (Fsp3) is 0.667. The van der Waals surface area contributed by atoms with Gasteiger partial charge in [-0.25, -0.2) is 0 Å². The van der Waals surface area contributed by atoms with Gasteiger partial charge in [-0.3, -0.25) is 0 Å². The van der Waals surface area contributed by atoms with Crippen molar-refractivity contribution >= 4 is 11.3 Å². The number of nitrogens with zero attached hydrogens (tertiary/aromatic N) is 1. The van der Waals surface area contributed by atoms with Crippen LogP contribution < -0.4 is 0 Å². The van der Waals surface area contributed by atoms with Crippen molar-refractivity contribution in [2.45, 2.75) is 33.2 Å². The molecule has 78 valence electrons. The molecular formula is C12H19NS. The van der Waals surface area contributed by atoms with Gasteiger partial charge in [0.2, 0.25) is 0 Å². The molecule has 14 heavy (non-hydrogen) atoms. The lowest BCUT2D eigenvalue weighted by atomic mass is 9.97. The van der Waals surface area contributed by atoms with Gasteiger partial charge in [-0.15, -0.1) is 11.3 Å². The van der Waals surface area contributed by atoms with Crippen LogP contribution in [-0.4, -0.2) is 18.5 Å². The zero-order valence-electron chi connectivity index (χ0n) is 9.34. The molecular weight excluding hydrogens is 190 g/mol. The van der Waals surface area contributed by atoms with Crippen molar-refractivity contribution in [1.82, 2.24) is 4.90 Å². The molecule has 1 nitrogen and oxygen atoms in total. The van der Waals surface area contributed by atoms with Crippen molar-refractivity contribution in [1.29, 1.82) is 0 Å². The normalized spacial score (nSPS) is 17.4. The van der Waals surface area contributed by atoms with Gasteiger partial charge in [0.1, 0.15) is 0 Å². The van der Waals surface area contributed by atoms with E-state index in [9.17, 15) is 0 Å². The molecule has 0 aliphatic carbocycles. The molecule has 0 radical (unpaired) electrons. The van der Waals surface area contributed by atoms with Crippen molar-refractivity contribution in [3.8, 4) is 0 Å². The van der Waals surface area contributed by atoms with Crippen LogP contribution in [0, 0.1) is 5.92 Å². The van der Waals surface area contributed by atoms with Crippen LogP contribution in [0.2, 0.25) is 0 Å². The maximum absolute atomic E-state index is 2.41. The quantitative estimate of drug-likeness (QED) is 0.724. The summed E-state index contributed by atoms with van der Waals surface area (Å²) in [6.07, 6.45) is 2.52. The lowest BCUT2D eigenvalue weighted by Crippen LogP contribution is -2.25. The number of hydrogen-bond acceptors (Lipinski definition) is 2. The molecule has 0 saturated heterocycles. The molecule has 0 fully saturated rings. The molecule has 2 heteroatoms. The summed E-state index contributed by atoms with van der Waals surface area (Å²) in [5, 5.41) is 2.38. The summed E-state index contributed by atoms with van der Waals surface area (Å²) in [5.74, 6) is 0.786. The van der Waals surface area contributed by atoms with Crippen molar-refractivity contribution < 1.29 is 0 Å². The van der Waals surface area contributed by atoms with Crippen molar-refractivity contribution in [3.63, 3.8) is 0 Å². The van der Waals surface area contributed by atoms with Crippen LogP contribution in [0.15, 0.2) is 5.38 Å². The van der Waals surface area contributed by atoms with E-state index in [-0.39, 0.29) is 0 Å². The van der Waals surface area contributed by atoms with Gasteiger partial charge in [-0.1, -0.05) is 13.8 Å². The van der Waals surface area contributed by atoms with E-state index in [0.29, 0.717) is 0 Å². The Bertz CT molecular complexity index is 314. The first-order chi connectivity index (χ1) is 6.66. The minimum atomic E-state index is 0.786. The molecule has 0 amide bonds. The van der Waals surface area contributed by atoms with Crippen LogP contribution in [0.25, 0.3) is 0 Å². The second-order valence-corrected chi connectivity index (χ2v) is 5.71. The summed E-state index contributed by atoms with van der Waals surface area (Å²) in [5.41, 5.74) is 3.29. The lowest BCUT2D eigenvalue weighted by molar-refractivity contribution is 0.316. The van der Waals surface area contributed by atoms with E-state index < -0.39 is 0 Å². The van der Waals surface area contributed by atoms with E-state index in [2.05, 4.69) is 31.2 Å². The van der Waals surface area contributed by atoms with Crippen LogP contribution in [-0.2, 0) is 19.4 Å². The Kier molecular flexibility index (Phi) is 2.93. The first-order valence-corrected chi connectivity index (χ1v) is 6.31. The summed E-state index contributed by atoms with van der Waals surface area (Å²) in [6.45, 7) is 7.00. The highest BCUT2D eigenvalue weighted by Crippen LogP contribution is 2.29. The first kappa shape index (κ1) is 10.2. The first-order valence-electron chi connectivity index (χ1n) is 5.43. The zero-order chi connectivity index (χ0) is 10.1. The molecule has 1 aromatic rings. The van der Waals surface area contributed by atoms with Gasteiger partial charge in [-0.2, -0.15) is 0 Å². The fourth-order valence-corrected chi connectivity index (χ4v) is 3.33. The number of rotatable bonds is 2. The van der Waals surface area contributed by atoms with E-state index in [4.69, 9.17) is 0 Å². The molecule has 0 saturated carbocycles. The average molecular weight is 209 g/mol. The Labute approximate surface area is 90.7 Å². The Hall–Kier alpha value is -0.340. The van der Waals surface area contributed by atoms with Gasteiger partial charge in [-0.05, 0) is 42.3 Å². The Morgan fingerprint density at radius 1 is 1.50 bits per heavy atom. The van der Waals surface area contributed by atoms with Gasteiger partial charge in [0.05, 0.1) is 0 Å². The minimum Gasteiger partial charge on any atom is -0.301 e. The molecule has 1 aromatic heterocycles. The third kappa shape index (κ3) is 2.01. The lowest BCUT2D eigenvalue weighted by Gasteiger charge is -2.23. The molecule has 0 atom stereocenters. The Morgan fingerprint density at radius 2 is 2.29 bits per heavy atom. The summed E-state index contributed by atoms with van der Waals surface area (Å²) in [6, 6.07) is 0. The average Bonchev–Trinajstić information content (AvgIpc) is 2.47. The molecule has 0 aromatic carbocycles. The summed E-state index contributed by atoms with van der Waals surface area (Å²) >= 11 is 1.96. The number of fused-ring (bicyclic) bond motifs is 1. The van der Waals surface area contributed by atoms with E-state index in [0.717, 1.165) is 12.5 Å². The largest absolute Gasteiger partial charge is 0.301 e. The Balaban J connectivity index is 2.20. The predicted octanol–water partition coefficient (Wildman–Crippen LogP) is 2.93. The van der Waals surface area contributed by atoms with Crippen LogP contribution in [0.3, 0.4) is 0 Å². The summed E-state index contributed by atoms with van der Waals surface area (Å²) < 4.78 is 0. The second kappa shape index (κ2) is 4.03. The Morgan fingerprint density at radius 3 is 3.00 bits per heavy atom. The van der Waals surface area contributed by atoms with E-state index in [1.54, 1.807) is 16.0 Å². The van der Waals surface area contributed by atoms with Gasteiger partial charge < -0.3 is 4.90 Å². The minimum absolute atomic E-state index is 0.786. The van der Waals surface area contributed by atoms with Gasteiger partial charge in [0.15, 0.2) is 0 Å². The number of thiophene rings is 1. The summed E-state index contributed by atoms with van der Waals surface area (Å²) in [7, 11) is 2.21. The third-order valence-corrected chi connectivity index (χ3v) is 3.92. The standard InChI is InChI=1S/C12H19NS/c1-9(2)6-10-8-14-12-7-13(3)5-4-11(10)12/h8-9H,4-7H2,1-3H3. The second-order valence-electron chi connectivity index (χ2n) is 4.75. The predicted molar refractivity (Wildman–Crippen MR) is 62.9 cm³/mol. The van der Waals surface area contributed by atoms with Crippen LogP contribution >= 0.6 is 11.3 Å². The molecule has 0 spiro atoms. The smallest absolute Gasteiger partial charge is 0.0327 e. The fourth-order valence-electron chi connectivity index (χ4n) is 2.13. The highest BCUT2D eigenvalue weighted by atomic mass is 32.1. The molecule has 1 aliphatic rings. The van der Waals surface area contributed by atoms with Crippen LogP contribution in [0.4, 0.5) is 0 Å².